The van der Waals surface area contributed by atoms with Crippen LogP contribution in [0.5, 0.6) is 5.75 Å². The summed E-state index contributed by atoms with van der Waals surface area (Å²) >= 11 is 0. The van der Waals surface area contributed by atoms with Crippen molar-refractivity contribution >= 4 is 5.91 Å². The van der Waals surface area contributed by atoms with Crippen molar-refractivity contribution in [3.8, 4) is 5.75 Å². The molecule has 0 N–H and O–H groups in total. The first-order chi connectivity index (χ1) is 8.61. The lowest BCUT2D eigenvalue weighted by atomic mass is 9.88. The molecule has 1 atom stereocenters. The Morgan fingerprint density at radius 2 is 2.17 bits per heavy atom. The quantitative estimate of drug-likeness (QED) is 0.822. The normalized spacial score (nSPS) is 20.3. The number of rotatable bonds is 3. The minimum absolute atomic E-state index is 0.268. The lowest BCUT2D eigenvalue weighted by Gasteiger charge is -2.34. The van der Waals surface area contributed by atoms with Gasteiger partial charge in [0.25, 0.3) is 0 Å². The number of carbonyl (C=O) groups excluding carboxylic acids is 1. The fourth-order valence-corrected chi connectivity index (χ4v) is 2.58. The first-order valence-electron chi connectivity index (χ1n) is 6.55. The number of likely N-dealkylation sites (tertiary alicyclic amines) is 1. The standard InChI is InChI=1S/C15H21NO2/c1-11(2)16-8-7-13(10-15(16)17)12-5-4-6-14(9-12)18-3/h4-6,9,11,13H,7-8,10H2,1-3H3. The third-order valence-electron chi connectivity index (χ3n) is 3.65. The summed E-state index contributed by atoms with van der Waals surface area (Å²) in [4.78, 5) is 14.0. The van der Waals surface area contributed by atoms with Crippen molar-refractivity contribution in [3.63, 3.8) is 0 Å². The van der Waals surface area contributed by atoms with Crippen LogP contribution in [0.4, 0.5) is 0 Å². The summed E-state index contributed by atoms with van der Waals surface area (Å²) in [6, 6.07) is 8.38. The van der Waals surface area contributed by atoms with Crippen molar-refractivity contribution in [3.05, 3.63) is 29.8 Å². The van der Waals surface area contributed by atoms with Gasteiger partial charge in [0.15, 0.2) is 0 Å². The molecule has 1 aliphatic rings. The monoisotopic (exact) mass is 247 g/mol. The molecule has 0 radical (unpaired) electrons. The number of hydrogen-bond acceptors (Lipinski definition) is 2. The van der Waals surface area contributed by atoms with Gasteiger partial charge in [0.05, 0.1) is 7.11 Å². The molecule has 1 heterocycles. The molecule has 0 saturated carbocycles. The maximum absolute atomic E-state index is 12.1. The highest BCUT2D eigenvalue weighted by molar-refractivity contribution is 5.78. The molecule has 1 fully saturated rings. The Kier molecular flexibility index (Phi) is 3.90. The number of nitrogens with zero attached hydrogens (tertiary/aromatic N) is 1. The van der Waals surface area contributed by atoms with Crippen molar-refractivity contribution in [1.29, 1.82) is 0 Å². The summed E-state index contributed by atoms with van der Waals surface area (Å²) in [5.41, 5.74) is 1.21. The fourth-order valence-electron chi connectivity index (χ4n) is 2.58. The molecule has 1 aromatic rings. The van der Waals surface area contributed by atoms with E-state index in [9.17, 15) is 4.79 Å². The third-order valence-corrected chi connectivity index (χ3v) is 3.65. The van der Waals surface area contributed by atoms with E-state index >= 15 is 0 Å². The van der Waals surface area contributed by atoms with Crippen molar-refractivity contribution in [2.45, 2.75) is 38.6 Å². The van der Waals surface area contributed by atoms with E-state index < -0.39 is 0 Å². The van der Waals surface area contributed by atoms with E-state index in [0.29, 0.717) is 18.4 Å². The Balaban J connectivity index is 2.10. The summed E-state index contributed by atoms with van der Waals surface area (Å²) in [5, 5.41) is 0. The number of benzene rings is 1. The Morgan fingerprint density at radius 1 is 1.39 bits per heavy atom. The number of carbonyl (C=O) groups is 1. The first kappa shape index (κ1) is 12.9. The van der Waals surface area contributed by atoms with Crippen LogP contribution >= 0.6 is 0 Å². The molecular weight excluding hydrogens is 226 g/mol. The van der Waals surface area contributed by atoms with Gasteiger partial charge in [-0.05, 0) is 43.9 Å². The van der Waals surface area contributed by atoms with Crippen LogP contribution in [0, 0.1) is 0 Å². The van der Waals surface area contributed by atoms with Crippen molar-refractivity contribution in [2.24, 2.45) is 0 Å². The molecule has 0 aliphatic carbocycles. The van der Waals surface area contributed by atoms with Crippen molar-refractivity contribution < 1.29 is 9.53 Å². The topological polar surface area (TPSA) is 29.5 Å². The highest BCUT2D eigenvalue weighted by Gasteiger charge is 2.28. The zero-order valence-electron chi connectivity index (χ0n) is 11.3. The van der Waals surface area contributed by atoms with E-state index in [1.165, 1.54) is 5.56 Å². The molecule has 18 heavy (non-hydrogen) atoms. The van der Waals surface area contributed by atoms with Gasteiger partial charge in [-0.2, -0.15) is 0 Å². The van der Waals surface area contributed by atoms with Crippen LogP contribution in [0.25, 0.3) is 0 Å². The van der Waals surface area contributed by atoms with Crippen LogP contribution in [0.15, 0.2) is 24.3 Å². The summed E-state index contributed by atoms with van der Waals surface area (Å²) in [7, 11) is 1.67. The zero-order valence-corrected chi connectivity index (χ0v) is 11.3. The third kappa shape index (κ3) is 2.66. The van der Waals surface area contributed by atoms with E-state index in [1.54, 1.807) is 7.11 Å². The second-order valence-corrected chi connectivity index (χ2v) is 5.15. The Labute approximate surface area is 109 Å². The lowest BCUT2D eigenvalue weighted by molar-refractivity contribution is -0.135. The largest absolute Gasteiger partial charge is 0.497 e. The van der Waals surface area contributed by atoms with Gasteiger partial charge in [0.1, 0.15) is 5.75 Å². The smallest absolute Gasteiger partial charge is 0.223 e. The van der Waals surface area contributed by atoms with E-state index in [1.807, 2.05) is 23.1 Å². The molecule has 1 unspecified atom stereocenters. The SMILES string of the molecule is COc1cccc(C2CCN(C(C)C)C(=O)C2)c1. The predicted octanol–water partition coefficient (Wildman–Crippen LogP) is 2.81. The maximum atomic E-state index is 12.1. The Bertz CT molecular complexity index is 428. The van der Waals surface area contributed by atoms with Crippen LogP contribution in [0.2, 0.25) is 0 Å². The molecule has 3 heteroatoms. The second-order valence-electron chi connectivity index (χ2n) is 5.15. The Morgan fingerprint density at radius 3 is 2.78 bits per heavy atom. The summed E-state index contributed by atoms with van der Waals surface area (Å²) in [6.07, 6.45) is 1.66. The van der Waals surface area contributed by atoms with Crippen LogP contribution in [-0.4, -0.2) is 30.5 Å². The molecule has 1 aromatic carbocycles. The van der Waals surface area contributed by atoms with Crippen LogP contribution in [0.3, 0.4) is 0 Å². The molecule has 1 saturated heterocycles. The lowest BCUT2D eigenvalue weighted by Crippen LogP contribution is -2.42. The van der Waals surface area contributed by atoms with E-state index in [0.717, 1.165) is 18.7 Å². The van der Waals surface area contributed by atoms with Crippen molar-refractivity contribution in [2.75, 3.05) is 13.7 Å². The minimum Gasteiger partial charge on any atom is -0.497 e. The number of piperidine rings is 1. The van der Waals surface area contributed by atoms with E-state index in [2.05, 4.69) is 19.9 Å². The summed E-state index contributed by atoms with van der Waals surface area (Å²) < 4.78 is 5.24. The van der Waals surface area contributed by atoms with Gasteiger partial charge in [-0.15, -0.1) is 0 Å². The number of amides is 1. The number of ether oxygens (including phenoxy) is 1. The first-order valence-corrected chi connectivity index (χ1v) is 6.55. The fraction of sp³-hybridized carbons (Fsp3) is 0.533. The molecule has 0 bridgehead atoms. The predicted molar refractivity (Wildman–Crippen MR) is 71.8 cm³/mol. The minimum atomic E-state index is 0.268. The van der Waals surface area contributed by atoms with Crippen molar-refractivity contribution in [1.82, 2.24) is 4.90 Å². The summed E-state index contributed by atoms with van der Waals surface area (Å²) in [5.74, 6) is 1.47. The zero-order chi connectivity index (χ0) is 13.1. The average Bonchev–Trinajstić information content (AvgIpc) is 2.38. The van der Waals surface area contributed by atoms with Crippen LogP contribution in [0.1, 0.15) is 38.2 Å². The van der Waals surface area contributed by atoms with Gasteiger partial charge in [0.2, 0.25) is 5.91 Å². The van der Waals surface area contributed by atoms with E-state index in [-0.39, 0.29) is 5.91 Å². The van der Waals surface area contributed by atoms with Gasteiger partial charge >= 0.3 is 0 Å². The highest BCUT2D eigenvalue weighted by Crippen LogP contribution is 2.31. The van der Waals surface area contributed by atoms with E-state index in [4.69, 9.17) is 4.74 Å². The van der Waals surface area contributed by atoms with Gasteiger partial charge < -0.3 is 9.64 Å². The number of methoxy groups -OCH3 is 1. The van der Waals surface area contributed by atoms with Gasteiger partial charge in [0, 0.05) is 19.0 Å². The molecule has 1 amide bonds. The van der Waals surface area contributed by atoms with Gasteiger partial charge in [-0.1, -0.05) is 12.1 Å². The average molecular weight is 247 g/mol. The molecule has 98 valence electrons. The van der Waals surface area contributed by atoms with Crippen LogP contribution in [-0.2, 0) is 4.79 Å². The molecule has 0 spiro atoms. The highest BCUT2D eigenvalue weighted by atomic mass is 16.5. The molecule has 3 nitrogen and oxygen atoms in total. The van der Waals surface area contributed by atoms with Gasteiger partial charge in [-0.3, -0.25) is 4.79 Å². The molecular formula is C15H21NO2. The molecule has 1 aliphatic heterocycles. The van der Waals surface area contributed by atoms with Gasteiger partial charge in [-0.25, -0.2) is 0 Å². The Hall–Kier alpha value is -1.51. The molecule has 2 rings (SSSR count). The van der Waals surface area contributed by atoms with Crippen LogP contribution < -0.4 is 4.74 Å². The maximum Gasteiger partial charge on any atom is 0.223 e. The second kappa shape index (κ2) is 5.42. The summed E-state index contributed by atoms with van der Waals surface area (Å²) in [6.45, 7) is 5.01. The number of hydrogen-bond donors (Lipinski definition) is 0. The molecule has 0 aromatic heterocycles.